The van der Waals surface area contributed by atoms with Gasteiger partial charge in [0.2, 0.25) is 0 Å². The first kappa shape index (κ1) is 13.5. The lowest BCUT2D eigenvalue weighted by molar-refractivity contribution is 0.117. The number of nitrogens with zero attached hydrogens (tertiary/aromatic N) is 2. The molecule has 0 aliphatic carbocycles. The molecular formula is C17H18N2O2. The van der Waals surface area contributed by atoms with E-state index in [1.54, 1.807) is 16.9 Å². The van der Waals surface area contributed by atoms with Crippen LogP contribution >= 0.6 is 0 Å². The number of aromatic hydroxyl groups is 1. The molecule has 0 amide bonds. The number of imidazole rings is 1. The predicted octanol–water partition coefficient (Wildman–Crippen LogP) is 3.03. The highest BCUT2D eigenvalue weighted by molar-refractivity contribution is 5.79. The summed E-state index contributed by atoms with van der Waals surface area (Å²) in [5.41, 5.74) is 4.26. The first-order valence-electron chi connectivity index (χ1n) is 7.01. The van der Waals surface area contributed by atoms with Crippen molar-refractivity contribution in [2.45, 2.75) is 20.3 Å². The maximum absolute atomic E-state index is 9.27. The maximum Gasteiger partial charge on any atom is 0.143 e. The van der Waals surface area contributed by atoms with Crippen molar-refractivity contribution in [1.29, 1.82) is 0 Å². The van der Waals surface area contributed by atoms with Crippen LogP contribution in [0.4, 0.5) is 0 Å². The molecule has 0 aliphatic heterocycles. The highest BCUT2D eigenvalue weighted by Gasteiger charge is 2.09. The molecule has 0 aliphatic rings. The van der Waals surface area contributed by atoms with Gasteiger partial charge in [0.05, 0.1) is 5.52 Å². The maximum atomic E-state index is 9.27. The van der Waals surface area contributed by atoms with Crippen molar-refractivity contribution in [3.05, 3.63) is 59.4 Å². The Morgan fingerprint density at radius 2 is 1.86 bits per heavy atom. The summed E-state index contributed by atoms with van der Waals surface area (Å²) in [6, 6.07) is 13.3. The number of benzene rings is 2. The van der Waals surface area contributed by atoms with E-state index in [4.69, 9.17) is 4.84 Å². The molecule has 4 heteroatoms. The SMILES string of the molecule is Cc1cccc2c1nc(C)n2OCCc1ccc(O)cc1. The molecule has 0 saturated heterocycles. The first-order chi connectivity index (χ1) is 10.1. The highest BCUT2D eigenvalue weighted by Crippen LogP contribution is 2.18. The second-order valence-corrected chi connectivity index (χ2v) is 5.15. The number of para-hydroxylation sites is 1. The van der Waals surface area contributed by atoms with E-state index in [1.165, 1.54) is 0 Å². The summed E-state index contributed by atoms with van der Waals surface area (Å²) in [6.45, 7) is 4.56. The fourth-order valence-corrected chi connectivity index (χ4v) is 2.41. The Morgan fingerprint density at radius 1 is 1.10 bits per heavy atom. The number of hydrogen-bond donors (Lipinski definition) is 1. The molecule has 108 valence electrons. The minimum atomic E-state index is 0.284. The predicted molar refractivity (Wildman–Crippen MR) is 82.5 cm³/mol. The van der Waals surface area contributed by atoms with Gasteiger partial charge in [-0.2, -0.15) is 4.73 Å². The van der Waals surface area contributed by atoms with Gasteiger partial charge >= 0.3 is 0 Å². The van der Waals surface area contributed by atoms with Crippen LogP contribution in [0.5, 0.6) is 5.75 Å². The lowest BCUT2D eigenvalue weighted by atomic mass is 10.1. The van der Waals surface area contributed by atoms with E-state index in [-0.39, 0.29) is 5.75 Å². The van der Waals surface area contributed by atoms with Crippen LogP contribution in [-0.4, -0.2) is 21.4 Å². The van der Waals surface area contributed by atoms with Gasteiger partial charge < -0.3 is 9.94 Å². The van der Waals surface area contributed by atoms with E-state index in [9.17, 15) is 5.11 Å². The van der Waals surface area contributed by atoms with Crippen LogP contribution in [0.15, 0.2) is 42.5 Å². The third-order valence-corrected chi connectivity index (χ3v) is 3.55. The Balaban J connectivity index is 1.75. The number of fused-ring (bicyclic) bond motifs is 1. The number of rotatable bonds is 4. The zero-order chi connectivity index (χ0) is 14.8. The third kappa shape index (κ3) is 2.70. The van der Waals surface area contributed by atoms with Crippen LogP contribution in [0.2, 0.25) is 0 Å². The molecule has 3 aromatic rings. The summed E-state index contributed by atoms with van der Waals surface area (Å²) in [4.78, 5) is 10.4. The lowest BCUT2D eigenvalue weighted by Crippen LogP contribution is -2.15. The molecule has 0 unspecified atom stereocenters. The van der Waals surface area contributed by atoms with E-state index in [0.29, 0.717) is 6.61 Å². The summed E-state index contributed by atoms with van der Waals surface area (Å²) in [6.07, 6.45) is 0.783. The number of phenols is 1. The highest BCUT2D eigenvalue weighted by atomic mass is 16.7. The molecule has 1 N–H and O–H groups in total. The topological polar surface area (TPSA) is 47.3 Å². The molecule has 1 heterocycles. The number of hydrogen-bond acceptors (Lipinski definition) is 3. The molecule has 0 bridgehead atoms. The summed E-state index contributed by atoms with van der Waals surface area (Å²) in [5.74, 6) is 1.14. The van der Waals surface area contributed by atoms with E-state index in [0.717, 1.165) is 34.4 Å². The fraction of sp³-hybridized carbons (Fsp3) is 0.235. The van der Waals surface area contributed by atoms with Crippen molar-refractivity contribution in [3.63, 3.8) is 0 Å². The number of aryl methyl sites for hydroxylation is 2. The summed E-state index contributed by atoms with van der Waals surface area (Å²) < 4.78 is 1.79. The molecular weight excluding hydrogens is 264 g/mol. The van der Waals surface area contributed by atoms with Crippen LogP contribution < -0.4 is 4.84 Å². The second-order valence-electron chi connectivity index (χ2n) is 5.15. The molecule has 0 spiro atoms. The van der Waals surface area contributed by atoms with Gasteiger partial charge in [0.25, 0.3) is 0 Å². The molecule has 4 nitrogen and oxygen atoms in total. The molecule has 3 rings (SSSR count). The Hall–Kier alpha value is -2.49. The molecule has 1 aromatic heterocycles. The zero-order valence-electron chi connectivity index (χ0n) is 12.2. The smallest absolute Gasteiger partial charge is 0.143 e. The van der Waals surface area contributed by atoms with Gasteiger partial charge in [0, 0.05) is 6.42 Å². The second kappa shape index (κ2) is 5.48. The normalized spacial score (nSPS) is 11.0. The van der Waals surface area contributed by atoms with Crippen molar-refractivity contribution >= 4 is 11.0 Å². The Kier molecular flexibility index (Phi) is 3.52. The first-order valence-corrected chi connectivity index (χ1v) is 7.01. The van der Waals surface area contributed by atoms with Crippen LogP contribution in [0.1, 0.15) is 17.0 Å². The van der Waals surface area contributed by atoms with Gasteiger partial charge in [-0.05, 0) is 43.2 Å². The van der Waals surface area contributed by atoms with E-state index in [2.05, 4.69) is 18.0 Å². The van der Waals surface area contributed by atoms with Gasteiger partial charge in [-0.15, -0.1) is 0 Å². The van der Waals surface area contributed by atoms with Crippen molar-refractivity contribution in [3.8, 4) is 5.75 Å². The molecule has 0 atom stereocenters. The molecule has 2 aromatic carbocycles. The number of aromatic nitrogens is 2. The lowest BCUT2D eigenvalue weighted by Gasteiger charge is -2.09. The van der Waals surface area contributed by atoms with Gasteiger partial charge in [-0.1, -0.05) is 24.3 Å². The zero-order valence-corrected chi connectivity index (χ0v) is 12.2. The largest absolute Gasteiger partial charge is 0.508 e. The monoisotopic (exact) mass is 282 g/mol. The Bertz CT molecular complexity index is 760. The summed E-state index contributed by atoms with van der Waals surface area (Å²) >= 11 is 0. The molecule has 0 radical (unpaired) electrons. The standard InChI is InChI=1S/C17H18N2O2/c1-12-4-3-5-16-17(12)18-13(2)19(16)21-11-10-14-6-8-15(20)9-7-14/h3-9,20H,10-11H2,1-2H3. The van der Waals surface area contributed by atoms with Crippen molar-refractivity contribution in [2.24, 2.45) is 0 Å². The summed E-state index contributed by atoms with van der Waals surface area (Å²) in [5, 5.41) is 9.27. The minimum Gasteiger partial charge on any atom is -0.508 e. The fourth-order valence-electron chi connectivity index (χ4n) is 2.41. The van der Waals surface area contributed by atoms with Crippen molar-refractivity contribution in [2.75, 3.05) is 6.61 Å². The average Bonchev–Trinajstić information content (AvgIpc) is 2.79. The van der Waals surface area contributed by atoms with Crippen LogP contribution in [0.3, 0.4) is 0 Å². The van der Waals surface area contributed by atoms with Crippen molar-refractivity contribution in [1.82, 2.24) is 9.71 Å². The summed E-state index contributed by atoms with van der Waals surface area (Å²) in [7, 11) is 0. The van der Waals surface area contributed by atoms with Crippen LogP contribution in [0.25, 0.3) is 11.0 Å². The average molecular weight is 282 g/mol. The number of phenolic OH excluding ortho intramolecular Hbond substituents is 1. The van der Waals surface area contributed by atoms with E-state index in [1.807, 2.05) is 31.2 Å². The third-order valence-electron chi connectivity index (χ3n) is 3.55. The van der Waals surface area contributed by atoms with Crippen molar-refractivity contribution < 1.29 is 9.94 Å². The Morgan fingerprint density at radius 3 is 2.62 bits per heavy atom. The molecule has 21 heavy (non-hydrogen) atoms. The van der Waals surface area contributed by atoms with E-state index >= 15 is 0 Å². The molecule has 0 saturated carbocycles. The van der Waals surface area contributed by atoms with Crippen LogP contribution in [-0.2, 0) is 6.42 Å². The van der Waals surface area contributed by atoms with E-state index < -0.39 is 0 Å². The van der Waals surface area contributed by atoms with Gasteiger partial charge in [-0.25, -0.2) is 4.98 Å². The van der Waals surface area contributed by atoms with Gasteiger partial charge in [-0.3, -0.25) is 0 Å². The van der Waals surface area contributed by atoms with Gasteiger partial charge in [0.1, 0.15) is 23.7 Å². The quantitative estimate of drug-likeness (QED) is 0.800. The van der Waals surface area contributed by atoms with Crippen LogP contribution in [0, 0.1) is 13.8 Å². The molecule has 0 fully saturated rings. The van der Waals surface area contributed by atoms with Gasteiger partial charge in [0.15, 0.2) is 0 Å². The minimum absolute atomic E-state index is 0.284. The Labute approximate surface area is 123 Å².